The van der Waals surface area contributed by atoms with Gasteiger partial charge in [-0.1, -0.05) is 19.9 Å². The molecule has 354 valence electrons. The Morgan fingerprint density at radius 3 is 2.65 bits per heavy atom. The second-order valence-corrected chi connectivity index (χ2v) is 23.2. The zero-order chi connectivity index (χ0) is 46.7. The van der Waals surface area contributed by atoms with E-state index in [1.807, 2.05) is 50.2 Å². The average Bonchev–Trinajstić information content (AvgIpc) is 3.96. The quantitative estimate of drug-likeness (QED) is 0.106. The number of benzene rings is 2. The van der Waals surface area contributed by atoms with Crippen molar-refractivity contribution in [2.75, 3.05) is 50.9 Å². The summed E-state index contributed by atoms with van der Waals surface area (Å²) in [4.78, 5) is 64.7. The number of ether oxygens (including phenoxy) is 2. The summed E-state index contributed by atoms with van der Waals surface area (Å²) in [7, 11) is 1.97. The average molecular weight is 1010 g/mol. The van der Waals surface area contributed by atoms with Crippen LogP contribution in [0, 0.1) is 11.3 Å². The van der Waals surface area contributed by atoms with Gasteiger partial charge in [-0.15, -0.1) is 0 Å². The fraction of sp³-hybridized carbons (Fsp3) is 0.519. The molecule has 14 heteroatoms. The number of cyclic esters (lactones) is 1. The van der Waals surface area contributed by atoms with Crippen LogP contribution in [-0.4, -0.2) is 121 Å². The predicted octanol–water partition coefficient (Wildman–Crippen LogP) is 3.33. The van der Waals surface area contributed by atoms with Gasteiger partial charge in [-0.2, -0.15) is 0 Å². The van der Waals surface area contributed by atoms with Crippen molar-refractivity contribution in [2.24, 2.45) is 11.3 Å². The molecule has 0 radical (unpaired) electrons. The van der Waals surface area contributed by atoms with E-state index in [0.717, 1.165) is 81.5 Å². The number of esters is 1. The Labute approximate surface area is 400 Å². The van der Waals surface area contributed by atoms with E-state index in [-0.39, 0.29) is 64.0 Å². The maximum absolute atomic E-state index is 14.8. The van der Waals surface area contributed by atoms with Gasteiger partial charge < -0.3 is 14.0 Å². The van der Waals surface area contributed by atoms with Crippen LogP contribution in [0.2, 0.25) is 0 Å². The van der Waals surface area contributed by atoms with Gasteiger partial charge in [0, 0.05) is 41.2 Å². The molecule has 3 amide bonds. The first-order valence-electron chi connectivity index (χ1n) is 23.8. The van der Waals surface area contributed by atoms with Crippen molar-refractivity contribution in [2.45, 2.75) is 108 Å². The number of pyridine rings is 1. The summed E-state index contributed by atoms with van der Waals surface area (Å²) >= 11 is -0.162. The summed E-state index contributed by atoms with van der Waals surface area (Å²) in [6, 6.07) is 17.0. The molecule has 0 aliphatic carbocycles. The molecule has 6 heterocycles. The number of nitrogens with one attached hydrogen (secondary N) is 2. The predicted molar refractivity (Wildman–Crippen MR) is 253 cm³/mol. The number of hydrazine groups is 1. The summed E-state index contributed by atoms with van der Waals surface area (Å²) in [5.74, 6) is -1.03. The first-order chi connectivity index (χ1) is 31.7. The number of nitrogens with zero attached hydrogens (tertiary/aromatic N) is 5. The summed E-state index contributed by atoms with van der Waals surface area (Å²) in [6.07, 6.45) is 7.08. The van der Waals surface area contributed by atoms with Crippen LogP contribution in [-0.2, 0) is 48.0 Å². The van der Waals surface area contributed by atoms with E-state index in [1.54, 1.807) is 0 Å². The van der Waals surface area contributed by atoms with Gasteiger partial charge in [0.05, 0.1) is 18.0 Å². The van der Waals surface area contributed by atoms with E-state index in [1.165, 1.54) is 16.6 Å². The topological polar surface area (TPSA) is 138 Å². The molecule has 0 unspecified atom stereocenters. The molecule has 0 spiro atoms. The van der Waals surface area contributed by atoms with Crippen molar-refractivity contribution >= 4 is 34.6 Å². The Kier molecular flexibility index (Phi) is 15.0. The van der Waals surface area contributed by atoms with E-state index >= 15 is 0 Å². The standard InChI is InChI=1S/C52H67IN7O6/c1-8-45(61)58-24-21-53-37(31-58)30-57(7)47(33(3)4)49(62)55-42-27-34-14-10-15-35(26-34)36-19-20-43-39(28-36)40(29-52(5,6)32-66-51(64)41-17-12-23-60(56-41)50(42)63)48(59(43)9-2)38-16-11-22-54-46(38)44-18-13-25-65-44/h8,10-11,14-16,19-20,22,26,28,33,37,41-42,44,47,56H,1,9,12-13,17-18,21,23-25,27,29-32H2,2-7H3,(H,55,62)/q-1/t37-,41+,42+,44+,47+/m1/s1. The molecule has 3 saturated heterocycles. The molecule has 4 aromatic rings. The third-order valence-electron chi connectivity index (χ3n) is 13.6. The van der Waals surface area contributed by atoms with E-state index in [4.69, 9.17) is 14.5 Å². The fourth-order valence-electron chi connectivity index (χ4n) is 10.4. The van der Waals surface area contributed by atoms with Crippen molar-refractivity contribution in [3.05, 3.63) is 90.3 Å². The molecule has 2 aromatic carbocycles. The molecular weight excluding hydrogens is 946 g/mol. The number of halogens is 1. The molecule has 13 nitrogen and oxygen atoms in total. The number of carbonyl (C=O) groups is 4. The van der Waals surface area contributed by atoms with Crippen LogP contribution in [0.15, 0.2) is 73.4 Å². The minimum atomic E-state index is -0.918. The number of amides is 3. The Morgan fingerprint density at radius 2 is 1.89 bits per heavy atom. The van der Waals surface area contributed by atoms with E-state index in [9.17, 15) is 19.2 Å². The first-order valence-corrected chi connectivity index (χ1v) is 26.6. The minimum absolute atomic E-state index is 0.0523. The fourth-order valence-corrected chi connectivity index (χ4v) is 13.8. The molecule has 4 aliphatic rings. The van der Waals surface area contributed by atoms with Gasteiger partial charge in [0.25, 0.3) is 0 Å². The number of alkyl halides is 2. The molecular formula is C52H67IN7O6-. The van der Waals surface area contributed by atoms with Crippen molar-refractivity contribution in [1.82, 2.24) is 35.1 Å². The van der Waals surface area contributed by atoms with Crippen LogP contribution < -0.4 is 31.9 Å². The van der Waals surface area contributed by atoms with Crippen LogP contribution >= 0.6 is 0 Å². The van der Waals surface area contributed by atoms with Crippen LogP contribution in [0.3, 0.4) is 0 Å². The Balaban J connectivity index is 1.17. The van der Waals surface area contributed by atoms with Crippen molar-refractivity contribution in [3.63, 3.8) is 0 Å². The second-order valence-electron chi connectivity index (χ2n) is 19.5. The summed E-state index contributed by atoms with van der Waals surface area (Å²) in [5, 5.41) is 5.86. The SMILES string of the molecule is C=CC(=O)N1CC[I-][C@H](CN(C)[C@H](C(=O)N[C@H]2Cc3cccc(c3)-c3ccc4c(c3)c(c(-c3cccnc3[C@@H]3CCCO3)n4CC)CC(C)(C)COC(=O)[C@@H]3CCCN(N3)C2=O)C(C)C)C1. The Morgan fingerprint density at radius 1 is 1.08 bits per heavy atom. The molecule has 3 fully saturated rings. The van der Waals surface area contributed by atoms with Crippen molar-refractivity contribution in [3.8, 4) is 22.4 Å². The van der Waals surface area contributed by atoms with Crippen LogP contribution in [0.4, 0.5) is 0 Å². The van der Waals surface area contributed by atoms with Crippen molar-refractivity contribution in [1.29, 1.82) is 0 Å². The Bertz CT molecular complexity index is 2440. The van der Waals surface area contributed by atoms with Gasteiger partial charge in [0.1, 0.15) is 6.10 Å². The monoisotopic (exact) mass is 1010 g/mol. The van der Waals surface area contributed by atoms with Crippen LogP contribution in [0.25, 0.3) is 33.3 Å². The van der Waals surface area contributed by atoms with Crippen LogP contribution in [0.5, 0.6) is 0 Å². The molecule has 0 saturated carbocycles. The summed E-state index contributed by atoms with van der Waals surface area (Å²) in [5.41, 5.74) is 11.1. The number of aryl methyl sites for hydroxylation is 1. The zero-order valence-corrected chi connectivity index (χ0v) is 41.6. The number of hydrogen-bond donors (Lipinski definition) is 2. The third kappa shape index (κ3) is 10.4. The summed E-state index contributed by atoms with van der Waals surface area (Å²) < 4.78 is 16.1. The Hall–Kier alpha value is -4.64. The molecule has 5 atom stereocenters. The van der Waals surface area contributed by atoms with Gasteiger partial charge in [-0.25, -0.2) is 0 Å². The number of rotatable bonds is 10. The van der Waals surface area contributed by atoms with Gasteiger partial charge in [-0.05, 0) is 56.0 Å². The second kappa shape index (κ2) is 20.7. The molecule has 2 aromatic heterocycles. The first kappa shape index (κ1) is 47.8. The molecule has 2 N–H and O–H groups in total. The van der Waals surface area contributed by atoms with E-state index in [0.29, 0.717) is 42.8 Å². The molecule has 4 aliphatic heterocycles. The summed E-state index contributed by atoms with van der Waals surface area (Å²) in [6.45, 7) is 18.3. The van der Waals surface area contributed by atoms with Gasteiger partial charge in [0.15, 0.2) is 0 Å². The molecule has 8 rings (SSSR count). The van der Waals surface area contributed by atoms with E-state index < -0.39 is 29.5 Å². The van der Waals surface area contributed by atoms with E-state index in [2.05, 4.69) is 84.0 Å². The zero-order valence-electron chi connectivity index (χ0n) is 39.5. The van der Waals surface area contributed by atoms with Gasteiger partial charge in [0.2, 0.25) is 0 Å². The normalized spacial score (nSPS) is 23.3. The third-order valence-corrected chi connectivity index (χ3v) is 16.7. The number of carbonyl (C=O) groups excluding carboxylic acids is 4. The maximum atomic E-state index is 14.8. The van der Waals surface area contributed by atoms with Crippen molar-refractivity contribution < 1.29 is 49.9 Å². The van der Waals surface area contributed by atoms with Gasteiger partial charge in [-0.3, -0.25) is 9.78 Å². The number of aromatic nitrogens is 2. The molecule has 6 bridgehead atoms. The number of fused-ring (bicyclic) bond motifs is 6. The molecule has 66 heavy (non-hydrogen) atoms. The number of hydrogen-bond acceptors (Lipinski definition) is 9. The number of likely N-dealkylation sites (N-methyl/N-ethyl adjacent to an activating group) is 1. The van der Waals surface area contributed by atoms with Crippen LogP contribution in [0.1, 0.15) is 83.2 Å². The van der Waals surface area contributed by atoms with Gasteiger partial charge >= 0.3 is 237 Å².